The Kier molecular flexibility index (Phi) is 8.73. The zero-order valence-electron chi connectivity index (χ0n) is 19.2. The molecule has 1 fully saturated rings. The van der Waals surface area contributed by atoms with E-state index in [2.05, 4.69) is 39.5 Å². The van der Waals surface area contributed by atoms with Crippen LogP contribution in [0.15, 0.2) is 41.5 Å². The lowest BCUT2D eigenvalue weighted by molar-refractivity contribution is 0.0132. The zero-order valence-corrected chi connectivity index (χ0v) is 19.2. The van der Waals surface area contributed by atoms with Crippen LogP contribution in [0, 0.1) is 5.92 Å². The molecule has 8 nitrogen and oxygen atoms in total. The first-order valence-corrected chi connectivity index (χ1v) is 11.0. The minimum absolute atomic E-state index is 0.469. The minimum Gasteiger partial charge on any atom is -0.497 e. The van der Waals surface area contributed by atoms with Gasteiger partial charge in [0.25, 0.3) is 0 Å². The number of nitrogens with one attached hydrogen (secondary N) is 2. The Bertz CT molecular complexity index is 812. The van der Waals surface area contributed by atoms with Crippen molar-refractivity contribution < 1.29 is 9.47 Å². The van der Waals surface area contributed by atoms with Gasteiger partial charge < -0.3 is 20.1 Å². The number of rotatable bonds is 9. The second kappa shape index (κ2) is 11.7. The highest BCUT2D eigenvalue weighted by atomic mass is 16.5. The Morgan fingerprint density at radius 2 is 1.90 bits per heavy atom. The normalized spacial score (nSPS) is 16.4. The van der Waals surface area contributed by atoms with E-state index in [0.717, 1.165) is 62.4 Å². The third kappa shape index (κ3) is 6.97. The molecule has 0 saturated carbocycles. The molecule has 0 spiro atoms. The molecular formula is C23H36N6O2. The van der Waals surface area contributed by atoms with Crippen LogP contribution in [0.4, 0.5) is 0 Å². The van der Waals surface area contributed by atoms with Crippen molar-refractivity contribution in [3.05, 3.63) is 42.2 Å². The summed E-state index contributed by atoms with van der Waals surface area (Å²) in [4.78, 5) is 6.91. The van der Waals surface area contributed by atoms with Crippen LogP contribution in [0.3, 0.4) is 0 Å². The molecule has 1 aromatic carbocycles. The summed E-state index contributed by atoms with van der Waals surface area (Å²) in [7, 11) is 3.47. The highest BCUT2D eigenvalue weighted by molar-refractivity contribution is 5.79. The summed E-state index contributed by atoms with van der Waals surface area (Å²) in [5.41, 5.74) is 1.95. The Morgan fingerprint density at radius 1 is 1.16 bits per heavy atom. The molecule has 1 atom stereocenters. The summed E-state index contributed by atoms with van der Waals surface area (Å²) in [6.07, 6.45) is 3.11. The third-order valence-corrected chi connectivity index (χ3v) is 5.45. The average molecular weight is 429 g/mol. The van der Waals surface area contributed by atoms with Gasteiger partial charge in [0, 0.05) is 38.9 Å². The van der Waals surface area contributed by atoms with E-state index in [4.69, 9.17) is 9.47 Å². The second-order valence-corrected chi connectivity index (χ2v) is 8.19. The highest BCUT2D eigenvalue weighted by Gasteiger charge is 2.22. The summed E-state index contributed by atoms with van der Waals surface area (Å²) >= 11 is 0. The van der Waals surface area contributed by atoms with Crippen molar-refractivity contribution in [2.45, 2.75) is 32.9 Å². The minimum atomic E-state index is 0.469. The zero-order chi connectivity index (χ0) is 22.1. The maximum atomic E-state index is 5.52. The van der Waals surface area contributed by atoms with E-state index in [1.165, 1.54) is 0 Å². The molecule has 8 heteroatoms. The maximum Gasteiger partial charge on any atom is 0.191 e. The highest BCUT2D eigenvalue weighted by Crippen LogP contribution is 2.15. The molecule has 2 N–H and O–H groups in total. The van der Waals surface area contributed by atoms with Gasteiger partial charge >= 0.3 is 0 Å². The summed E-state index contributed by atoms with van der Waals surface area (Å²) in [5.74, 6) is 2.27. The Labute approximate surface area is 185 Å². The Balaban J connectivity index is 1.52. The molecule has 170 valence electrons. The molecule has 3 rings (SSSR count). The van der Waals surface area contributed by atoms with E-state index in [1.54, 1.807) is 14.2 Å². The number of hydrogen-bond acceptors (Lipinski definition) is 5. The number of morpholine rings is 1. The van der Waals surface area contributed by atoms with Crippen molar-refractivity contribution >= 4 is 5.96 Å². The molecule has 1 saturated heterocycles. The number of guanidine groups is 1. The van der Waals surface area contributed by atoms with Crippen molar-refractivity contribution in [1.29, 1.82) is 0 Å². The van der Waals surface area contributed by atoms with E-state index in [-0.39, 0.29) is 0 Å². The lowest BCUT2D eigenvalue weighted by atomic mass is 10.0. The van der Waals surface area contributed by atoms with Gasteiger partial charge in [-0.15, -0.1) is 0 Å². The van der Waals surface area contributed by atoms with Crippen molar-refractivity contribution in [3.63, 3.8) is 0 Å². The quantitative estimate of drug-likeness (QED) is 0.472. The topological polar surface area (TPSA) is 75.9 Å². The van der Waals surface area contributed by atoms with Crippen molar-refractivity contribution in [1.82, 2.24) is 25.3 Å². The van der Waals surface area contributed by atoms with Crippen molar-refractivity contribution in [2.75, 3.05) is 47.0 Å². The Morgan fingerprint density at radius 3 is 2.55 bits per heavy atom. The van der Waals surface area contributed by atoms with Gasteiger partial charge in [-0.25, -0.2) is 4.68 Å². The van der Waals surface area contributed by atoms with Gasteiger partial charge in [-0.1, -0.05) is 13.8 Å². The van der Waals surface area contributed by atoms with Gasteiger partial charge in [-0.05, 0) is 42.7 Å². The summed E-state index contributed by atoms with van der Waals surface area (Å²) in [6.45, 7) is 9.64. The molecule has 1 aliphatic heterocycles. The summed E-state index contributed by atoms with van der Waals surface area (Å²) in [5, 5.41) is 11.5. The fourth-order valence-electron chi connectivity index (χ4n) is 3.79. The van der Waals surface area contributed by atoms with Crippen LogP contribution in [0.1, 0.15) is 26.0 Å². The number of hydrogen-bond donors (Lipinski definition) is 2. The molecule has 31 heavy (non-hydrogen) atoms. The number of benzene rings is 1. The monoisotopic (exact) mass is 428 g/mol. The van der Waals surface area contributed by atoms with Gasteiger partial charge in [0.05, 0.1) is 38.2 Å². The molecule has 1 unspecified atom stereocenters. The third-order valence-electron chi connectivity index (χ3n) is 5.45. The van der Waals surface area contributed by atoms with E-state index in [9.17, 15) is 0 Å². The predicted molar refractivity (Wildman–Crippen MR) is 124 cm³/mol. The standard InChI is InChI=1S/C23H36N6O2/c1-18(2)15-21(28-11-13-31-14-12-28)17-26-23(24-3)25-16-19-9-10-29(27-19)20-5-7-22(30-4)8-6-20/h5-10,18,21H,11-17H2,1-4H3,(H2,24,25,26). The number of ether oxygens (including phenoxy) is 2. The number of nitrogens with zero attached hydrogens (tertiary/aromatic N) is 4. The number of methoxy groups -OCH3 is 1. The van der Waals surface area contributed by atoms with Crippen LogP contribution in [-0.4, -0.2) is 73.7 Å². The smallest absolute Gasteiger partial charge is 0.191 e. The predicted octanol–water partition coefficient (Wildman–Crippen LogP) is 2.29. The van der Waals surface area contributed by atoms with Crippen LogP contribution >= 0.6 is 0 Å². The van der Waals surface area contributed by atoms with Gasteiger partial charge in [-0.2, -0.15) is 5.10 Å². The fourth-order valence-corrected chi connectivity index (χ4v) is 3.79. The molecule has 0 radical (unpaired) electrons. The largest absolute Gasteiger partial charge is 0.497 e. The molecular weight excluding hydrogens is 392 g/mol. The van der Waals surface area contributed by atoms with E-state index >= 15 is 0 Å². The lowest BCUT2D eigenvalue weighted by Crippen LogP contribution is -2.51. The van der Waals surface area contributed by atoms with Crippen LogP contribution < -0.4 is 15.4 Å². The molecule has 2 heterocycles. The van der Waals surface area contributed by atoms with Gasteiger partial charge in [0.15, 0.2) is 5.96 Å². The van der Waals surface area contributed by atoms with E-state index < -0.39 is 0 Å². The fraction of sp³-hybridized carbons (Fsp3) is 0.565. The first-order chi connectivity index (χ1) is 15.1. The van der Waals surface area contributed by atoms with Crippen molar-refractivity contribution in [3.8, 4) is 11.4 Å². The number of aliphatic imine (C=N–C) groups is 1. The van der Waals surface area contributed by atoms with Crippen LogP contribution in [0.25, 0.3) is 5.69 Å². The van der Waals surface area contributed by atoms with Gasteiger partial charge in [-0.3, -0.25) is 9.89 Å². The first kappa shape index (κ1) is 23.1. The molecule has 1 aliphatic rings. The van der Waals surface area contributed by atoms with E-state index in [0.29, 0.717) is 18.5 Å². The van der Waals surface area contributed by atoms with Gasteiger partial charge in [0.1, 0.15) is 5.75 Å². The molecule has 0 bridgehead atoms. The molecule has 0 amide bonds. The SMILES string of the molecule is CN=C(NCc1ccn(-c2ccc(OC)cc2)n1)NCC(CC(C)C)N1CCOCC1. The van der Waals surface area contributed by atoms with Crippen LogP contribution in [0.2, 0.25) is 0 Å². The summed E-state index contributed by atoms with van der Waals surface area (Å²) < 4.78 is 12.6. The van der Waals surface area contributed by atoms with Crippen LogP contribution in [0.5, 0.6) is 5.75 Å². The molecule has 1 aromatic heterocycles. The molecule has 0 aliphatic carbocycles. The van der Waals surface area contributed by atoms with Crippen molar-refractivity contribution in [2.24, 2.45) is 10.9 Å². The summed E-state index contributed by atoms with van der Waals surface area (Å²) in [6, 6.07) is 10.3. The first-order valence-electron chi connectivity index (χ1n) is 11.0. The Hall–Kier alpha value is -2.58. The average Bonchev–Trinajstić information content (AvgIpc) is 3.28. The van der Waals surface area contributed by atoms with Crippen LogP contribution in [-0.2, 0) is 11.3 Å². The lowest BCUT2D eigenvalue weighted by Gasteiger charge is -2.35. The second-order valence-electron chi connectivity index (χ2n) is 8.19. The van der Waals surface area contributed by atoms with Gasteiger partial charge in [0.2, 0.25) is 0 Å². The van der Waals surface area contributed by atoms with E-state index in [1.807, 2.05) is 41.2 Å². The maximum absolute atomic E-state index is 5.52. The number of aromatic nitrogens is 2. The molecule has 2 aromatic rings.